The van der Waals surface area contributed by atoms with Crippen LogP contribution >= 0.6 is 11.3 Å². The van der Waals surface area contributed by atoms with E-state index in [1.54, 1.807) is 23.8 Å². The molecular formula is C17H24N2O5S. The highest BCUT2D eigenvalue weighted by atomic mass is 32.1. The molecule has 0 spiro atoms. The van der Waals surface area contributed by atoms with E-state index in [1.165, 1.54) is 11.3 Å². The minimum Gasteiger partial charge on any atom is -0.409 e. The fourth-order valence-corrected chi connectivity index (χ4v) is 3.08. The molecule has 2 rings (SSSR count). The zero-order valence-electron chi connectivity index (χ0n) is 14.8. The highest BCUT2D eigenvalue weighted by Crippen LogP contribution is 2.22. The topological polar surface area (TPSA) is 93.7 Å². The lowest BCUT2D eigenvalue weighted by atomic mass is 9.87. The van der Waals surface area contributed by atoms with Crippen molar-refractivity contribution in [2.75, 3.05) is 6.61 Å². The summed E-state index contributed by atoms with van der Waals surface area (Å²) < 4.78 is 10.4. The van der Waals surface area contributed by atoms with Crippen LogP contribution in [0, 0.1) is 5.41 Å². The molecule has 2 amide bonds. The van der Waals surface area contributed by atoms with E-state index in [4.69, 9.17) is 9.47 Å². The SMILES string of the molecule is C[C@@H]1OCC(=O)[C@H]1NC(=O)[C@H](CC(C)(C)C)NC(=O)Oc1ccsc1. The van der Waals surface area contributed by atoms with E-state index in [2.05, 4.69) is 10.6 Å². The van der Waals surface area contributed by atoms with E-state index in [9.17, 15) is 14.4 Å². The summed E-state index contributed by atoms with van der Waals surface area (Å²) in [6.45, 7) is 7.61. The first-order chi connectivity index (χ1) is 11.7. The lowest BCUT2D eigenvalue weighted by Gasteiger charge is -2.27. The molecule has 2 heterocycles. The van der Waals surface area contributed by atoms with Gasteiger partial charge in [0.2, 0.25) is 5.91 Å². The van der Waals surface area contributed by atoms with E-state index >= 15 is 0 Å². The van der Waals surface area contributed by atoms with Crippen LogP contribution < -0.4 is 15.4 Å². The van der Waals surface area contributed by atoms with Crippen molar-refractivity contribution in [2.24, 2.45) is 5.41 Å². The van der Waals surface area contributed by atoms with Gasteiger partial charge in [-0.05, 0) is 30.2 Å². The number of carbonyl (C=O) groups excluding carboxylic acids is 3. The van der Waals surface area contributed by atoms with Crippen molar-refractivity contribution in [3.05, 3.63) is 16.8 Å². The molecule has 0 unspecified atom stereocenters. The predicted molar refractivity (Wildman–Crippen MR) is 93.7 cm³/mol. The van der Waals surface area contributed by atoms with Crippen molar-refractivity contribution >= 4 is 29.1 Å². The van der Waals surface area contributed by atoms with Gasteiger partial charge < -0.3 is 20.1 Å². The number of rotatable bonds is 5. The van der Waals surface area contributed by atoms with Crippen LogP contribution in [-0.4, -0.2) is 42.6 Å². The zero-order valence-corrected chi connectivity index (χ0v) is 15.6. The molecule has 0 radical (unpaired) electrons. The van der Waals surface area contributed by atoms with Gasteiger partial charge in [0.15, 0.2) is 5.78 Å². The maximum Gasteiger partial charge on any atom is 0.413 e. The second-order valence-corrected chi connectivity index (χ2v) is 8.06. The number of nitrogens with one attached hydrogen (secondary N) is 2. The lowest BCUT2D eigenvalue weighted by molar-refractivity contribution is -0.128. The largest absolute Gasteiger partial charge is 0.413 e. The van der Waals surface area contributed by atoms with Crippen molar-refractivity contribution in [1.29, 1.82) is 0 Å². The third-order valence-corrected chi connectivity index (χ3v) is 4.39. The minimum absolute atomic E-state index is 0.0102. The Bertz CT molecular complexity index is 623. The van der Waals surface area contributed by atoms with Crippen LogP contribution in [0.25, 0.3) is 0 Å². The van der Waals surface area contributed by atoms with Crippen LogP contribution in [0.2, 0.25) is 0 Å². The Labute approximate surface area is 151 Å². The third kappa shape index (κ3) is 5.82. The van der Waals surface area contributed by atoms with Crippen molar-refractivity contribution < 1.29 is 23.9 Å². The van der Waals surface area contributed by atoms with E-state index in [0.29, 0.717) is 12.2 Å². The molecule has 8 heteroatoms. The van der Waals surface area contributed by atoms with Gasteiger partial charge in [-0.25, -0.2) is 4.79 Å². The number of ketones is 1. The van der Waals surface area contributed by atoms with Gasteiger partial charge in [0.25, 0.3) is 0 Å². The Hall–Kier alpha value is -1.93. The molecule has 1 aliphatic heterocycles. The molecule has 1 fully saturated rings. The van der Waals surface area contributed by atoms with Gasteiger partial charge in [-0.3, -0.25) is 9.59 Å². The smallest absolute Gasteiger partial charge is 0.409 e. The summed E-state index contributed by atoms with van der Waals surface area (Å²) in [5.41, 5.74) is -0.209. The Kier molecular flexibility index (Phi) is 6.18. The molecule has 0 aliphatic carbocycles. The molecule has 7 nitrogen and oxygen atoms in total. The molecule has 0 bridgehead atoms. The summed E-state index contributed by atoms with van der Waals surface area (Å²) in [5.74, 6) is -0.172. The number of hydrogen-bond acceptors (Lipinski definition) is 6. The lowest BCUT2D eigenvalue weighted by Crippen LogP contribution is -2.54. The molecule has 3 atom stereocenters. The van der Waals surface area contributed by atoms with Crippen molar-refractivity contribution in [1.82, 2.24) is 10.6 Å². The standard InChI is InChI=1S/C17H24N2O5S/c1-10-14(13(20)8-23-10)19-15(21)12(7-17(2,3)4)18-16(22)24-11-5-6-25-9-11/h5-6,9-10,12,14H,7-8H2,1-4H3,(H,18,22)(H,19,21)/t10-,12-,14-/m0/s1. The van der Waals surface area contributed by atoms with Crippen LogP contribution in [0.3, 0.4) is 0 Å². The molecule has 2 N–H and O–H groups in total. The molecule has 1 aliphatic rings. The van der Waals surface area contributed by atoms with Crippen LogP contribution in [0.4, 0.5) is 4.79 Å². The van der Waals surface area contributed by atoms with E-state index < -0.39 is 24.1 Å². The van der Waals surface area contributed by atoms with Crippen molar-refractivity contribution in [2.45, 2.75) is 52.3 Å². The number of thiophene rings is 1. The fraction of sp³-hybridized carbons (Fsp3) is 0.588. The van der Waals surface area contributed by atoms with Gasteiger partial charge in [0.1, 0.15) is 24.4 Å². The average Bonchev–Trinajstić information content (AvgIpc) is 3.10. The van der Waals surface area contributed by atoms with E-state index in [-0.39, 0.29) is 23.9 Å². The third-order valence-electron chi connectivity index (χ3n) is 3.73. The molecule has 25 heavy (non-hydrogen) atoms. The molecule has 1 aromatic rings. The van der Waals surface area contributed by atoms with Gasteiger partial charge >= 0.3 is 6.09 Å². The molecule has 1 aromatic heterocycles. The number of hydrogen-bond donors (Lipinski definition) is 2. The molecular weight excluding hydrogens is 344 g/mol. The first-order valence-electron chi connectivity index (χ1n) is 8.11. The average molecular weight is 368 g/mol. The van der Waals surface area contributed by atoms with Crippen LogP contribution in [0.1, 0.15) is 34.1 Å². The Morgan fingerprint density at radius 2 is 2.16 bits per heavy atom. The normalized spacial score (nSPS) is 21.7. The summed E-state index contributed by atoms with van der Waals surface area (Å²) in [6.07, 6.45) is -0.692. The first kappa shape index (κ1) is 19.4. The summed E-state index contributed by atoms with van der Waals surface area (Å²) in [4.78, 5) is 36.5. The van der Waals surface area contributed by atoms with E-state index in [1.807, 2.05) is 20.8 Å². The van der Waals surface area contributed by atoms with Crippen LogP contribution in [0.15, 0.2) is 16.8 Å². The number of Topliss-reactive ketones (excluding diaryl/α,β-unsaturated/α-hetero) is 1. The second kappa shape index (κ2) is 7.97. The van der Waals surface area contributed by atoms with E-state index in [0.717, 1.165) is 0 Å². The summed E-state index contributed by atoms with van der Waals surface area (Å²) in [5, 5.41) is 8.75. The summed E-state index contributed by atoms with van der Waals surface area (Å²) in [6, 6.07) is 0.163. The Morgan fingerprint density at radius 3 is 2.68 bits per heavy atom. The maximum absolute atomic E-state index is 12.6. The Balaban J connectivity index is 2.02. The first-order valence-corrected chi connectivity index (χ1v) is 9.05. The number of ether oxygens (including phenoxy) is 2. The predicted octanol–water partition coefficient (Wildman–Crippen LogP) is 2.11. The van der Waals surface area contributed by atoms with Crippen LogP contribution in [-0.2, 0) is 14.3 Å². The zero-order chi connectivity index (χ0) is 18.6. The number of carbonyl (C=O) groups is 3. The fourth-order valence-electron chi connectivity index (χ4n) is 2.52. The molecule has 1 saturated heterocycles. The highest BCUT2D eigenvalue weighted by Gasteiger charge is 2.36. The highest BCUT2D eigenvalue weighted by molar-refractivity contribution is 7.08. The molecule has 138 valence electrons. The van der Waals surface area contributed by atoms with Crippen LogP contribution in [0.5, 0.6) is 5.75 Å². The monoisotopic (exact) mass is 368 g/mol. The summed E-state index contributed by atoms with van der Waals surface area (Å²) in [7, 11) is 0. The molecule has 0 aromatic carbocycles. The van der Waals surface area contributed by atoms with Gasteiger partial charge in [0, 0.05) is 5.38 Å². The van der Waals surface area contributed by atoms with Gasteiger partial charge in [-0.1, -0.05) is 20.8 Å². The van der Waals surface area contributed by atoms with Gasteiger partial charge in [-0.15, -0.1) is 11.3 Å². The quantitative estimate of drug-likeness (QED) is 0.830. The second-order valence-electron chi connectivity index (χ2n) is 7.28. The van der Waals surface area contributed by atoms with Gasteiger partial charge in [0.05, 0.1) is 6.10 Å². The van der Waals surface area contributed by atoms with Crippen molar-refractivity contribution in [3.63, 3.8) is 0 Å². The maximum atomic E-state index is 12.6. The summed E-state index contributed by atoms with van der Waals surface area (Å²) >= 11 is 1.40. The Morgan fingerprint density at radius 1 is 1.44 bits per heavy atom. The number of amides is 2. The van der Waals surface area contributed by atoms with Crippen molar-refractivity contribution in [3.8, 4) is 5.75 Å². The van der Waals surface area contributed by atoms with Gasteiger partial charge in [-0.2, -0.15) is 0 Å². The minimum atomic E-state index is -0.813. The molecule has 0 saturated carbocycles.